The maximum atomic E-state index is 12.3. The zero-order valence-electron chi connectivity index (χ0n) is 10.4. The Balaban J connectivity index is 2.12. The number of rotatable bonds is 3. The third-order valence-electron chi connectivity index (χ3n) is 3.46. The third-order valence-corrected chi connectivity index (χ3v) is 3.46. The predicted octanol–water partition coefficient (Wildman–Crippen LogP) is 1.01. The second-order valence-corrected chi connectivity index (χ2v) is 4.50. The second-order valence-electron chi connectivity index (χ2n) is 4.50. The van der Waals surface area contributed by atoms with Crippen molar-refractivity contribution < 1.29 is 4.79 Å². The standard InChI is InChI=1S/C12H20N4O/c1-3-9-8-16(10(4-2)7-13-9)12(17)11-5-6-14-15-11/h5-6,9-10,13H,3-4,7-8H2,1-2H3,(H,14,15). The van der Waals surface area contributed by atoms with E-state index in [0.717, 1.165) is 25.9 Å². The van der Waals surface area contributed by atoms with E-state index < -0.39 is 0 Å². The molecule has 0 spiro atoms. The molecule has 1 aliphatic rings. The van der Waals surface area contributed by atoms with E-state index in [1.54, 1.807) is 12.3 Å². The molecule has 0 saturated carbocycles. The van der Waals surface area contributed by atoms with E-state index >= 15 is 0 Å². The molecule has 1 aromatic rings. The Morgan fingerprint density at radius 3 is 2.94 bits per heavy atom. The van der Waals surface area contributed by atoms with Crippen molar-refractivity contribution in [2.45, 2.75) is 38.8 Å². The molecular weight excluding hydrogens is 216 g/mol. The maximum absolute atomic E-state index is 12.3. The molecule has 1 fully saturated rings. The molecule has 94 valence electrons. The molecule has 17 heavy (non-hydrogen) atoms. The molecule has 1 amide bonds. The van der Waals surface area contributed by atoms with Gasteiger partial charge in [0.05, 0.1) is 0 Å². The van der Waals surface area contributed by atoms with Crippen molar-refractivity contribution in [1.29, 1.82) is 0 Å². The highest BCUT2D eigenvalue weighted by molar-refractivity contribution is 5.92. The largest absolute Gasteiger partial charge is 0.332 e. The first-order chi connectivity index (χ1) is 8.26. The molecular formula is C12H20N4O. The zero-order chi connectivity index (χ0) is 12.3. The van der Waals surface area contributed by atoms with E-state index in [1.165, 1.54) is 0 Å². The number of carbonyl (C=O) groups is 1. The van der Waals surface area contributed by atoms with Gasteiger partial charge in [-0.1, -0.05) is 13.8 Å². The summed E-state index contributed by atoms with van der Waals surface area (Å²) < 4.78 is 0. The number of carbonyl (C=O) groups excluding carboxylic acids is 1. The number of hydrogen-bond acceptors (Lipinski definition) is 3. The Bertz CT molecular complexity index is 363. The van der Waals surface area contributed by atoms with Gasteiger partial charge in [-0.05, 0) is 18.9 Å². The number of nitrogens with zero attached hydrogens (tertiary/aromatic N) is 2. The van der Waals surface area contributed by atoms with Crippen LogP contribution in [0.4, 0.5) is 0 Å². The van der Waals surface area contributed by atoms with Gasteiger partial charge in [0.15, 0.2) is 0 Å². The number of aromatic nitrogens is 2. The molecule has 2 heterocycles. The Hall–Kier alpha value is -1.36. The topological polar surface area (TPSA) is 61.0 Å². The van der Waals surface area contributed by atoms with Gasteiger partial charge < -0.3 is 10.2 Å². The number of amides is 1. The van der Waals surface area contributed by atoms with Gasteiger partial charge in [0, 0.05) is 31.4 Å². The number of aromatic amines is 1. The van der Waals surface area contributed by atoms with Crippen LogP contribution in [0.1, 0.15) is 37.2 Å². The molecule has 2 unspecified atom stereocenters. The average molecular weight is 236 g/mol. The average Bonchev–Trinajstić information content (AvgIpc) is 2.91. The highest BCUT2D eigenvalue weighted by Crippen LogP contribution is 2.14. The quantitative estimate of drug-likeness (QED) is 0.823. The summed E-state index contributed by atoms with van der Waals surface area (Å²) in [5.74, 6) is 0.0642. The van der Waals surface area contributed by atoms with E-state index in [-0.39, 0.29) is 11.9 Å². The van der Waals surface area contributed by atoms with E-state index in [1.807, 2.05) is 4.90 Å². The molecule has 5 nitrogen and oxygen atoms in total. The Kier molecular flexibility index (Phi) is 3.78. The lowest BCUT2D eigenvalue weighted by atomic mass is 10.0. The van der Waals surface area contributed by atoms with Gasteiger partial charge in [-0.25, -0.2) is 0 Å². The van der Waals surface area contributed by atoms with Crippen LogP contribution in [0.2, 0.25) is 0 Å². The van der Waals surface area contributed by atoms with Gasteiger partial charge in [-0.15, -0.1) is 0 Å². The van der Waals surface area contributed by atoms with E-state index in [4.69, 9.17) is 0 Å². The molecule has 0 radical (unpaired) electrons. The molecule has 2 N–H and O–H groups in total. The van der Waals surface area contributed by atoms with Gasteiger partial charge >= 0.3 is 0 Å². The predicted molar refractivity (Wildman–Crippen MR) is 65.8 cm³/mol. The molecule has 2 rings (SSSR count). The number of hydrogen-bond donors (Lipinski definition) is 2. The molecule has 2 atom stereocenters. The summed E-state index contributed by atoms with van der Waals surface area (Å²) in [7, 11) is 0. The summed E-state index contributed by atoms with van der Waals surface area (Å²) in [4.78, 5) is 14.3. The number of nitrogens with one attached hydrogen (secondary N) is 2. The van der Waals surface area contributed by atoms with Crippen LogP contribution in [0.3, 0.4) is 0 Å². The second kappa shape index (κ2) is 5.31. The minimum atomic E-state index is 0.0642. The lowest BCUT2D eigenvalue weighted by Crippen LogP contribution is -2.57. The Morgan fingerprint density at radius 2 is 2.35 bits per heavy atom. The fraction of sp³-hybridized carbons (Fsp3) is 0.667. The summed E-state index contributed by atoms with van der Waals surface area (Å²) >= 11 is 0. The highest BCUT2D eigenvalue weighted by Gasteiger charge is 2.30. The SMILES string of the molecule is CCC1CN(C(=O)c2ccn[nH]2)C(CC)CN1. The van der Waals surface area contributed by atoms with Crippen LogP contribution < -0.4 is 5.32 Å². The van der Waals surface area contributed by atoms with Crippen molar-refractivity contribution in [3.05, 3.63) is 18.0 Å². The van der Waals surface area contributed by atoms with Crippen molar-refractivity contribution >= 4 is 5.91 Å². The summed E-state index contributed by atoms with van der Waals surface area (Å²) in [5.41, 5.74) is 0.584. The van der Waals surface area contributed by atoms with Gasteiger partial charge in [0.1, 0.15) is 5.69 Å². The first-order valence-corrected chi connectivity index (χ1v) is 6.30. The van der Waals surface area contributed by atoms with Crippen molar-refractivity contribution in [2.75, 3.05) is 13.1 Å². The van der Waals surface area contributed by atoms with Crippen LogP contribution in [0.5, 0.6) is 0 Å². The molecule has 1 aromatic heterocycles. The summed E-state index contributed by atoms with van der Waals surface area (Å²) in [6.07, 6.45) is 3.64. The smallest absolute Gasteiger partial charge is 0.272 e. The van der Waals surface area contributed by atoms with Crippen LogP contribution in [0, 0.1) is 0 Å². The van der Waals surface area contributed by atoms with Crippen molar-refractivity contribution in [2.24, 2.45) is 0 Å². The van der Waals surface area contributed by atoms with Crippen LogP contribution in [-0.4, -0.2) is 46.2 Å². The molecule has 0 aliphatic carbocycles. The van der Waals surface area contributed by atoms with Crippen molar-refractivity contribution in [3.8, 4) is 0 Å². The van der Waals surface area contributed by atoms with E-state index in [2.05, 4.69) is 29.4 Å². The van der Waals surface area contributed by atoms with Crippen molar-refractivity contribution in [3.63, 3.8) is 0 Å². The van der Waals surface area contributed by atoms with Gasteiger partial charge in [0.25, 0.3) is 5.91 Å². The fourth-order valence-corrected chi connectivity index (χ4v) is 2.28. The maximum Gasteiger partial charge on any atom is 0.272 e. The zero-order valence-corrected chi connectivity index (χ0v) is 10.4. The lowest BCUT2D eigenvalue weighted by molar-refractivity contribution is 0.0570. The molecule has 1 saturated heterocycles. The minimum Gasteiger partial charge on any atom is -0.332 e. The van der Waals surface area contributed by atoms with Gasteiger partial charge in [0.2, 0.25) is 0 Å². The fourth-order valence-electron chi connectivity index (χ4n) is 2.28. The first-order valence-electron chi connectivity index (χ1n) is 6.30. The normalized spacial score (nSPS) is 24.9. The summed E-state index contributed by atoms with van der Waals surface area (Å²) in [6, 6.07) is 2.43. The van der Waals surface area contributed by atoms with Crippen molar-refractivity contribution in [1.82, 2.24) is 20.4 Å². The number of piperazine rings is 1. The molecule has 0 aromatic carbocycles. The molecule has 1 aliphatic heterocycles. The monoisotopic (exact) mass is 236 g/mol. The third kappa shape index (κ3) is 2.49. The van der Waals surface area contributed by atoms with E-state index in [9.17, 15) is 4.79 Å². The van der Waals surface area contributed by atoms with E-state index in [0.29, 0.717) is 11.7 Å². The first kappa shape index (κ1) is 12.1. The molecule has 5 heteroatoms. The number of H-pyrrole nitrogens is 1. The summed E-state index contributed by atoms with van der Waals surface area (Å²) in [5, 5.41) is 10.1. The van der Waals surface area contributed by atoms with Crippen LogP contribution >= 0.6 is 0 Å². The Morgan fingerprint density at radius 1 is 1.53 bits per heavy atom. The minimum absolute atomic E-state index is 0.0642. The van der Waals surface area contributed by atoms with Gasteiger partial charge in [-0.3, -0.25) is 9.89 Å². The van der Waals surface area contributed by atoms with Crippen LogP contribution in [0.15, 0.2) is 12.3 Å². The Labute approximate surface area is 102 Å². The lowest BCUT2D eigenvalue weighted by Gasteiger charge is -2.39. The van der Waals surface area contributed by atoms with Gasteiger partial charge in [-0.2, -0.15) is 5.10 Å². The highest BCUT2D eigenvalue weighted by atomic mass is 16.2. The summed E-state index contributed by atoms with van der Waals surface area (Å²) in [6.45, 7) is 5.93. The molecule has 0 bridgehead atoms. The van der Waals surface area contributed by atoms with Crippen LogP contribution in [-0.2, 0) is 0 Å². The van der Waals surface area contributed by atoms with Crippen LogP contribution in [0.25, 0.3) is 0 Å².